The Bertz CT molecular complexity index is 1220. The number of hydrogen-bond acceptors (Lipinski definition) is 0. The van der Waals surface area contributed by atoms with Gasteiger partial charge >= 0.3 is 0 Å². The molecule has 5 rings (SSSR count). The van der Waals surface area contributed by atoms with Gasteiger partial charge in [-0.05, 0) is 68.4 Å². The summed E-state index contributed by atoms with van der Waals surface area (Å²) in [6, 6.07) is 26.6. The van der Waals surface area contributed by atoms with Crippen molar-refractivity contribution in [3.05, 3.63) is 92.9 Å². The molecule has 132 valence electrons. The summed E-state index contributed by atoms with van der Waals surface area (Å²) in [7, 11) is 0. The van der Waals surface area contributed by atoms with Crippen molar-refractivity contribution in [1.82, 2.24) is 0 Å². The molecule has 0 bridgehead atoms. The first-order valence-corrected chi connectivity index (χ1v) is 10.7. The van der Waals surface area contributed by atoms with Gasteiger partial charge in [0.2, 0.25) is 0 Å². The maximum Gasteiger partial charge on any atom is 0.0254 e. The molecule has 1 aliphatic rings. The maximum absolute atomic E-state index is 3.69. The minimum atomic E-state index is -0.00434. The molecular weight excluding hydrogens is 460 g/mol. The van der Waals surface area contributed by atoms with Crippen molar-refractivity contribution in [2.24, 2.45) is 0 Å². The summed E-state index contributed by atoms with van der Waals surface area (Å²) in [5.41, 5.74) is 8.06. The van der Waals surface area contributed by atoms with Gasteiger partial charge in [-0.25, -0.2) is 0 Å². The largest absolute Gasteiger partial charge is 0.0616 e. The van der Waals surface area contributed by atoms with Gasteiger partial charge in [-0.3, -0.25) is 0 Å². The van der Waals surface area contributed by atoms with Gasteiger partial charge in [0, 0.05) is 14.4 Å². The summed E-state index contributed by atoms with van der Waals surface area (Å²) in [6.45, 7) is 4.65. The second-order valence-electron chi connectivity index (χ2n) is 7.72. The Morgan fingerprint density at radius 1 is 0.630 bits per heavy atom. The Balaban J connectivity index is 1.75. The molecule has 0 saturated heterocycles. The maximum atomic E-state index is 3.69. The molecule has 0 heterocycles. The van der Waals surface area contributed by atoms with Crippen molar-refractivity contribution in [2.45, 2.75) is 19.3 Å². The van der Waals surface area contributed by atoms with E-state index < -0.39 is 0 Å². The average molecular weight is 478 g/mol. The van der Waals surface area contributed by atoms with Gasteiger partial charge in [0.15, 0.2) is 0 Å². The normalized spacial score (nSPS) is 14.2. The van der Waals surface area contributed by atoms with Crippen LogP contribution < -0.4 is 0 Å². The van der Waals surface area contributed by atoms with Crippen molar-refractivity contribution in [3.8, 4) is 22.3 Å². The Labute approximate surface area is 176 Å². The van der Waals surface area contributed by atoms with Crippen LogP contribution in [-0.2, 0) is 5.41 Å². The van der Waals surface area contributed by atoms with Crippen LogP contribution in [0.2, 0.25) is 0 Å². The summed E-state index contributed by atoms with van der Waals surface area (Å²) in [6.07, 6.45) is 0. The molecule has 0 aromatic heterocycles. The zero-order valence-electron chi connectivity index (χ0n) is 15.2. The fourth-order valence-corrected chi connectivity index (χ4v) is 5.23. The van der Waals surface area contributed by atoms with E-state index in [1.807, 2.05) is 0 Å². The lowest BCUT2D eigenvalue weighted by Crippen LogP contribution is -2.15. The zero-order valence-corrected chi connectivity index (χ0v) is 18.4. The van der Waals surface area contributed by atoms with E-state index in [0.717, 1.165) is 8.95 Å². The summed E-state index contributed by atoms with van der Waals surface area (Å²) < 4.78 is 2.28. The third kappa shape index (κ3) is 2.54. The van der Waals surface area contributed by atoms with Gasteiger partial charge in [0.25, 0.3) is 0 Å². The van der Waals surface area contributed by atoms with Crippen LogP contribution in [0.5, 0.6) is 0 Å². The van der Waals surface area contributed by atoms with Gasteiger partial charge in [0.1, 0.15) is 0 Å². The van der Waals surface area contributed by atoms with E-state index in [1.54, 1.807) is 0 Å². The molecule has 2 heteroatoms. The fraction of sp³-hybridized carbons (Fsp3) is 0.120. The number of hydrogen-bond donors (Lipinski definition) is 0. The molecule has 1 aliphatic carbocycles. The van der Waals surface area contributed by atoms with Crippen LogP contribution in [-0.4, -0.2) is 0 Å². The second-order valence-corrected chi connectivity index (χ2v) is 9.49. The van der Waals surface area contributed by atoms with E-state index in [2.05, 4.69) is 119 Å². The standard InChI is InChI=1S/C25H18Br2/c1-25(2)22-13-15(7-9-19(22)20-10-8-16(26)14-23(20)25)17-11-12-24(27)21-6-4-3-5-18(17)21/h3-14H,1-2H3. The Kier molecular flexibility index (Phi) is 3.86. The van der Waals surface area contributed by atoms with Gasteiger partial charge in [-0.15, -0.1) is 0 Å². The van der Waals surface area contributed by atoms with E-state index in [4.69, 9.17) is 0 Å². The lowest BCUT2D eigenvalue weighted by Gasteiger charge is -2.22. The van der Waals surface area contributed by atoms with E-state index in [9.17, 15) is 0 Å². The molecule has 0 aliphatic heterocycles. The van der Waals surface area contributed by atoms with Crippen LogP contribution in [0.3, 0.4) is 0 Å². The smallest absolute Gasteiger partial charge is 0.0254 e. The van der Waals surface area contributed by atoms with Gasteiger partial charge < -0.3 is 0 Å². The first-order chi connectivity index (χ1) is 13.0. The highest BCUT2D eigenvalue weighted by molar-refractivity contribution is 9.11. The van der Waals surface area contributed by atoms with E-state index >= 15 is 0 Å². The molecule has 0 radical (unpaired) electrons. The fourth-order valence-electron chi connectivity index (χ4n) is 4.39. The molecule has 4 aromatic carbocycles. The van der Waals surface area contributed by atoms with Crippen molar-refractivity contribution in [2.75, 3.05) is 0 Å². The second kappa shape index (κ2) is 6.05. The molecule has 0 saturated carbocycles. The predicted molar refractivity (Wildman–Crippen MR) is 122 cm³/mol. The summed E-state index contributed by atoms with van der Waals surface area (Å²) >= 11 is 7.34. The summed E-state index contributed by atoms with van der Waals surface area (Å²) in [5.74, 6) is 0. The monoisotopic (exact) mass is 476 g/mol. The SMILES string of the molecule is CC1(C)c2cc(Br)ccc2-c2ccc(-c3ccc(Br)c4ccccc34)cc21. The van der Waals surface area contributed by atoms with E-state index in [1.165, 1.54) is 44.2 Å². The Morgan fingerprint density at radius 3 is 2.04 bits per heavy atom. The zero-order chi connectivity index (χ0) is 18.8. The number of rotatable bonds is 1. The van der Waals surface area contributed by atoms with Gasteiger partial charge in [0.05, 0.1) is 0 Å². The highest BCUT2D eigenvalue weighted by Crippen LogP contribution is 2.50. The van der Waals surface area contributed by atoms with Crippen LogP contribution in [0.15, 0.2) is 81.7 Å². The van der Waals surface area contributed by atoms with Crippen LogP contribution in [0.1, 0.15) is 25.0 Å². The molecule has 4 aromatic rings. The number of fused-ring (bicyclic) bond motifs is 4. The van der Waals surface area contributed by atoms with Crippen LogP contribution >= 0.6 is 31.9 Å². The molecule has 0 unspecified atom stereocenters. The Morgan fingerprint density at radius 2 is 1.26 bits per heavy atom. The van der Waals surface area contributed by atoms with Crippen molar-refractivity contribution < 1.29 is 0 Å². The van der Waals surface area contributed by atoms with Crippen molar-refractivity contribution >= 4 is 42.6 Å². The molecule has 0 atom stereocenters. The summed E-state index contributed by atoms with van der Waals surface area (Å²) in [5, 5.41) is 2.53. The first-order valence-electron chi connectivity index (χ1n) is 9.09. The van der Waals surface area contributed by atoms with Crippen LogP contribution in [0.25, 0.3) is 33.0 Å². The molecule has 27 heavy (non-hydrogen) atoms. The van der Waals surface area contributed by atoms with Crippen molar-refractivity contribution in [1.29, 1.82) is 0 Å². The van der Waals surface area contributed by atoms with E-state index in [0.29, 0.717) is 0 Å². The first kappa shape index (κ1) is 17.2. The van der Waals surface area contributed by atoms with Crippen molar-refractivity contribution in [3.63, 3.8) is 0 Å². The third-order valence-electron chi connectivity index (χ3n) is 5.82. The average Bonchev–Trinajstić information content (AvgIpc) is 2.89. The molecular formula is C25H18Br2. The van der Waals surface area contributed by atoms with E-state index in [-0.39, 0.29) is 5.41 Å². The minimum Gasteiger partial charge on any atom is -0.0616 e. The summed E-state index contributed by atoms with van der Waals surface area (Å²) in [4.78, 5) is 0. The van der Waals surface area contributed by atoms with Gasteiger partial charge in [-0.2, -0.15) is 0 Å². The topological polar surface area (TPSA) is 0 Å². The molecule has 0 N–H and O–H groups in total. The molecule has 0 nitrogen and oxygen atoms in total. The van der Waals surface area contributed by atoms with Crippen LogP contribution in [0, 0.1) is 0 Å². The quantitative estimate of drug-likeness (QED) is 0.258. The minimum absolute atomic E-state index is 0.00434. The number of benzene rings is 4. The number of halogens is 2. The lowest BCUT2D eigenvalue weighted by molar-refractivity contribution is 0.660. The van der Waals surface area contributed by atoms with Gasteiger partial charge in [-0.1, -0.05) is 94.2 Å². The Hall–Kier alpha value is -1.90. The third-order valence-corrected chi connectivity index (χ3v) is 7.00. The molecule has 0 spiro atoms. The highest BCUT2D eigenvalue weighted by atomic mass is 79.9. The van der Waals surface area contributed by atoms with Crippen LogP contribution in [0.4, 0.5) is 0 Å². The predicted octanol–water partition coefficient (Wildman–Crippen LogP) is 8.34. The molecule has 0 amide bonds. The highest BCUT2D eigenvalue weighted by Gasteiger charge is 2.35. The lowest BCUT2D eigenvalue weighted by atomic mass is 9.81. The molecule has 0 fully saturated rings.